The fourth-order valence-electron chi connectivity index (χ4n) is 2.35. The summed E-state index contributed by atoms with van der Waals surface area (Å²) in [5, 5.41) is 17.7. The maximum absolute atomic E-state index is 14.1. The number of ether oxygens (including phenoxy) is 1. The minimum absolute atomic E-state index is 0.0710. The predicted molar refractivity (Wildman–Crippen MR) is 100 cm³/mol. The van der Waals surface area contributed by atoms with Gasteiger partial charge in [0, 0.05) is 15.6 Å². The molecule has 0 radical (unpaired) electrons. The fraction of sp³-hybridized carbons (Fsp3) is 0.211. The van der Waals surface area contributed by atoms with Gasteiger partial charge < -0.3 is 9.84 Å². The van der Waals surface area contributed by atoms with Crippen molar-refractivity contribution in [2.24, 2.45) is 0 Å². The summed E-state index contributed by atoms with van der Waals surface area (Å²) in [6.07, 6.45) is -0.0319. The van der Waals surface area contributed by atoms with Gasteiger partial charge in [0.2, 0.25) is 0 Å². The Morgan fingerprint density at radius 3 is 2.62 bits per heavy atom. The van der Waals surface area contributed by atoms with Crippen molar-refractivity contribution in [2.75, 3.05) is 13.2 Å². The van der Waals surface area contributed by atoms with E-state index < -0.39 is 5.97 Å². The number of carboxylic acids is 1. The summed E-state index contributed by atoms with van der Waals surface area (Å²) in [6.45, 7) is -0.347. The molecule has 0 bridgehead atoms. The van der Waals surface area contributed by atoms with Gasteiger partial charge in [0.05, 0.1) is 24.7 Å². The largest absolute Gasteiger partial charge is 0.481 e. The molecule has 0 saturated carbocycles. The molecule has 0 fully saturated rings. The molecular weight excluding hydrogens is 452 g/mol. The summed E-state index contributed by atoms with van der Waals surface area (Å²) in [6, 6.07) is 11.4. The van der Waals surface area contributed by atoms with Crippen molar-refractivity contribution in [3.8, 4) is 6.07 Å². The Morgan fingerprint density at radius 2 is 1.96 bits per heavy atom. The van der Waals surface area contributed by atoms with E-state index in [2.05, 4.69) is 0 Å². The van der Waals surface area contributed by atoms with Crippen LogP contribution in [0.3, 0.4) is 0 Å². The van der Waals surface area contributed by atoms with Crippen molar-refractivity contribution in [1.82, 2.24) is 0 Å². The highest BCUT2D eigenvalue weighted by atomic mass is 127. The first kappa shape index (κ1) is 20.0. The van der Waals surface area contributed by atoms with Crippen molar-refractivity contribution >= 4 is 34.3 Å². The molecule has 2 rings (SSSR count). The number of aliphatic carboxylic acids is 1. The Morgan fingerprint density at radius 1 is 1.19 bits per heavy atom. The second kappa shape index (κ2) is 9.40. The van der Waals surface area contributed by atoms with E-state index in [4.69, 9.17) is 15.1 Å². The molecule has 0 saturated heterocycles. The van der Waals surface area contributed by atoms with Crippen LogP contribution in [-0.2, 0) is 16.0 Å². The quantitative estimate of drug-likeness (QED) is 0.365. The van der Waals surface area contributed by atoms with Crippen LogP contribution in [0.25, 0.3) is 0 Å². The van der Waals surface area contributed by atoms with Gasteiger partial charge >= 0.3 is 5.97 Å². The number of carbonyl (C=O) groups excluding carboxylic acids is 1. The molecule has 2 aromatic carbocycles. The Bertz CT molecular complexity index is 876. The van der Waals surface area contributed by atoms with E-state index in [-0.39, 0.29) is 37.7 Å². The van der Waals surface area contributed by atoms with Gasteiger partial charge in [-0.05, 0) is 64.0 Å². The van der Waals surface area contributed by atoms with Gasteiger partial charge in [0.25, 0.3) is 0 Å². The van der Waals surface area contributed by atoms with Crippen LogP contribution in [0.15, 0.2) is 36.4 Å². The van der Waals surface area contributed by atoms with E-state index in [9.17, 15) is 14.0 Å². The van der Waals surface area contributed by atoms with Gasteiger partial charge in [0.1, 0.15) is 12.4 Å². The molecule has 5 nitrogen and oxygen atoms in total. The monoisotopic (exact) mass is 467 g/mol. The lowest BCUT2D eigenvalue weighted by molar-refractivity contribution is -0.138. The number of carboxylic acid groups (broad SMARTS) is 1. The number of rotatable bonds is 8. The highest BCUT2D eigenvalue weighted by Crippen LogP contribution is 2.20. The molecule has 0 atom stereocenters. The molecule has 0 unspecified atom stereocenters. The number of benzene rings is 2. The molecule has 7 heteroatoms. The van der Waals surface area contributed by atoms with Gasteiger partial charge in [-0.3, -0.25) is 9.59 Å². The average molecular weight is 467 g/mol. The van der Waals surface area contributed by atoms with Crippen LogP contribution in [-0.4, -0.2) is 30.1 Å². The highest BCUT2D eigenvalue weighted by Gasteiger charge is 2.15. The molecule has 1 N–H and O–H groups in total. The van der Waals surface area contributed by atoms with Gasteiger partial charge in [-0.2, -0.15) is 5.26 Å². The summed E-state index contributed by atoms with van der Waals surface area (Å²) >= 11 is 2.01. The summed E-state index contributed by atoms with van der Waals surface area (Å²) in [5.41, 5.74) is 1.64. The second-order valence-electron chi connectivity index (χ2n) is 5.52. The van der Waals surface area contributed by atoms with Crippen molar-refractivity contribution in [1.29, 1.82) is 5.26 Å². The number of Topliss-reactive ketones (excluding diaryl/α,β-unsaturated/α-hetero) is 1. The van der Waals surface area contributed by atoms with Gasteiger partial charge in [-0.1, -0.05) is 6.07 Å². The molecule has 0 amide bonds. The van der Waals surface area contributed by atoms with Gasteiger partial charge in [0.15, 0.2) is 5.78 Å². The number of halogens is 2. The number of hydrogen-bond acceptors (Lipinski definition) is 4. The summed E-state index contributed by atoms with van der Waals surface area (Å²) < 4.78 is 20.0. The van der Waals surface area contributed by atoms with E-state index in [1.54, 1.807) is 18.2 Å². The van der Waals surface area contributed by atoms with Crippen LogP contribution in [0.5, 0.6) is 0 Å². The van der Waals surface area contributed by atoms with E-state index in [0.717, 1.165) is 3.57 Å². The number of carbonyl (C=O) groups is 2. The molecule has 0 heterocycles. The van der Waals surface area contributed by atoms with Crippen LogP contribution in [0.4, 0.5) is 4.39 Å². The second-order valence-corrected chi connectivity index (χ2v) is 6.76. The zero-order valence-corrected chi connectivity index (χ0v) is 15.8. The molecule has 26 heavy (non-hydrogen) atoms. The van der Waals surface area contributed by atoms with E-state index in [1.165, 1.54) is 18.2 Å². The van der Waals surface area contributed by atoms with Crippen LogP contribution < -0.4 is 0 Å². The normalized spacial score (nSPS) is 10.3. The van der Waals surface area contributed by atoms with E-state index in [1.807, 2.05) is 28.7 Å². The molecule has 0 spiro atoms. The summed E-state index contributed by atoms with van der Waals surface area (Å²) in [4.78, 5) is 22.9. The first-order chi connectivity index (χ1) is 12.4. The zero-order valence-electron chi connectivity index (χ0n) is 13.7. The Labute approximate surface area is 163 Å². The molecule has 0 aliphatic carbocycles. The maximum Gasteiger partial charge on any atom is 0.305 e. The fourth-order valence-corrected chi connectivity index (χ4v) is 2.81. The van der Waals surface area contributed by atoms with Crippen LogP contribution in [0.2, 0.25) is 0 Å². The molecule has 0 aliphatic heterocycles. The molecular formula is C19H15FINO4. The van der Waals surface area contributed by atoms with Gasteiger partial charge in [-0.15, -0.1) is 0 Å². The topological polar surface area (TPSA) is 87.4 Å². The highest BCUT2D eigenvalue weighted by molar-refractivity contribution is 14.1. The van der Waals surface area contributed by atoms with Crippen LogP contribution in [0.1, 0.15) is 33.5 Å². The number of ketones is 1. The van der Waals surface area contributed by atoms with Crippen LogP contribution in [0, 0.1) is 20.7 Å². The third-order valence-electron chi connectivity index (χ3n) is 3.62. The molecule has 134 valence electrons. The molecule has 0 aliphatic rings. The first-order valence-corrected chi connectivity index (χ1v) is 8.78. The number of nitriles is 1. The smallest absolute Gasteiger partial charge is 0.305 e. The standard InChI is InChI=1S/C19H15FINO4/c20-17-9-15(21)3-2-13(17)8-14-7-12(10-22)1-4-16(14)18(23)11-26-6-5-19(24)25/h1-4,7,9H,5-6,8,11H2,(H,24,25). The Balaban J connectivity index is 2.22. The SMILES string of the molecule is N#Cc1ccc(C(=O)COCCC(=O)O)c(Cc2ccc(I)cc2F)c1. The van der Waals surface area contributed by atoms with Gasteiger partial charge in [-0.25, -0.2) is 4.39 Å². The predicted octanol–water partition coefficient (Wildman–Crippen LogP) is 3.57. The zero-order chi connectivity index (χ0) is 19.1. The lowest BCUT2D eigenvalue weighted by Crippen LogP contribution is -2.14. The number of nitrogens with zero attached hydrogens (tertiary/aromatic N) is 1. The molecule has 2 aromatic rings. The Hall–Kier alpha value is -2.31. The molecule has 0 aromatic heterocycles. The van der Waals surface area contributed by atoms with Crippen LogP contribution >= 0.6 is 22.6 Å². The van der Waals surface area contributed by atoms with Crippen molar-refractivity contribution in [3.63, 3.8) is 0 Å². The van der Waals surface area contributed by atoms with Crippen molar-refractivity contribution in [2.45, 2.75) is 12.8 Å². The summed E-state index contributed by atoms with van der Waals surface area (Å²) in [5.74, 6) is -1.73. The minimum Gasteiger partial charge on any atom is -0.481 e. The third kappa shape index (κ3) is 5.61. The summed E-state index contributed by atoms with van der Waals surface area (Å²) in [7, 11) is 0. The van der Waals surface area contributed by atoms with Crippen molar-refractivity contribution in [3.05, 3.63) is 68.0 Å². The maximum atomic E-state index is 14.1. The van der Waals surface area contributed by atoms with E-state index >= 15 is 0 Å². The van der Waals surface area contributed by atoms with E-state index in [0.29, 0.717) is 22.3 Å². The first-order valence-electron chi connectivity index (χ1n) is 7.70. The van der Waals surface area contributed by atoms with Crippen molar-refractivity contribution < 1.29 is 23.8 Å². The number of hydrogen-bond donors (Lipinski definition) is 1. The lowest BCUT2D eigenvalue weighted by Gasteiger charge is -2.11. The third-order valence-corrected chi connectivity index (χ3v) is 4.30. The lowest BCUT2D eigenvalue weighted by atomic mass is 9.95. The average Bonchev–Trinajstić information content (AvgIpc) is 2.60. The minimum atomic E-state index is -1.01. The Kier molecular flexibility index (Phi) is 7.24.